The number of hydrogen-bond donors (Lipinski definition) is 0. The molecule has 1 fully saturated rings. The first-order valence-corrected chi connectivity index (χ1v) is 7.17. The van der Waals surface area contributed by atoms with Gasteiger partial charge in [0.1, 0.15) is 11.4 Å². The fourth-order valence-corrected chi connectivity index (χ4v) is 2.73. The number of rotatable bonds is 3. The minimum Gasteiger partial charge on any atom is -0.497 e. The largest absolute Gasteiger partial charge is 0.497 e. The molecule has 22 heavy (non-hydrogen) atoms. The van der Waals surface area contributed by atoms with E-state index in [1.807, 2.05) is 4.90 Å². The molecule has 6 nitrogen and oxygen atoms in total. The number of benzene rings is 1. The van der Waals surface area contributed by atoms with Crippen LogP contribution in [0.2, 0.25) is 0 Å². The van der Waals surface area contributed by atoms with Crippen molar-refractivity contribution >= 4 is 17.4 Å². The van der Waals surface area contributed by atoms with Gasteiger partial charge < -0.3 is 14.4 Å². The van der Waals surface area contributed by atoms with Crippen LogP contribution in [-0.4, -0.2) is 62.1 Å². The first-order chi connectivity index (χ1) is 10.6. The van der Waals surface area contributed by atoms with Gasteiger partial charge >= 0.3 is 0 Å². The van der Waals surface area contributed by atoms with Crippen molar-refractivity contribution < 1.29 is 19.1 Å². The van der Waals surface area contributed by atoms with Crippen LogP contribution in [0.3, 0.4) is 0 Å². The number of methoxy groups -OCH3 is 1. The SMILES string of the molecule is COc1ccc(C2=C(N3CCOCC3)C(=O)N(C)C2=O)cc1. The third-order valence-corrected chi connectivity index (χ3v) is 3.97. The smallest absolute Gasteiger partial charge is 0.277 e. The average molecular weight is 302 g/mol. The highest BCUT2D eigenvalue weighted by Crippen LogP contribution is 2.31. The van der Waals surface area contributed by atoms with Gasteiger partial charge in [-0.3, -0.25) is 14.5 Å². The maximum Gasteiger partial charge on any atom is 0.277 e. The molecule has 0 radical (unpaired) electrons. The lowest BCUT2D eigenvalue weighted by atomic mass is 10.0. The van der Waals surface area contributed by atoms with E-state index >= 15 is 0 Å². The van der Waals surface area contributed by atoms with E-state index in [9.17, 15) is 9.59 Å². The van der Waals surface area contributed by atoms with Crippen LogP contribution >= 0.6 is 0 Å². The molecule has 0 atom stereocenters. The molecular weight excluding hydrogens is 284 g/mol. The number of nitrogens with zero attached hydrogens (tertiary/aromatic N) is 2. The molecule has 2 aliphatic rings. The standard InChI is InChI=1S/C16H18N2O4/c1-17-15(19)13(11-3-5-12(21-2)6-4-11)14(16(17)20)18-7-9-22-10-8-18/h3-6H,7-10H2,1-2H3. The second-order valence-corrected chi connectivity index (χ2v) is 5.22. The van der Waals surface area contributed by atoms with E-state index in [2.05, 4.69) is 0 Å². The number of carbonyl (C=O) groups is 2. The summed E-state index contributed by atoms with van der Waals surface area (Å²) in [5.74, 6) is 0.191. The van der Waals surface area contributed by atoms with Crippen LogP contribution in [0.5, 0.6) is 5.75 Å². The third-order valence-electron chi connectivity index (χ3n) is 3.97. The molecule has 6 heteroatoms. The fraction of sp³-hybridized carbons (Fsp3) is 0.375. The quantitative estimate of drug-likeness (QED) is 0.771. The van der Waals surface area contributed by atoms with Gasteiger partial charge in [-0.05, 0) is 17.7 Å². The molecule has 0 saturated carbocycles. The molecule has 2 heterocycles. The Labute approximate surface area is 128 Å². The van der Waals surface area contributed by atoms with Crippen LogP contribution in [0.1, 0.15) is 5.56 Å². The van der Waals surface area contributed by atoms with Gasteiger partial charge in [0.25, 0.3) is 11.8 Å². The van der Waals surface area contributed by atoms with Crippen molar-refractivity contribution in [1.82, 2.24) is 9.80 Å². The summed E-state index contributed by atoms with van der Waals surface area (Å²) in [6.45, 7) is 2.35. The van der Waals surface area contributed by atoms with Crippen molar-refractivity contribution in [3.63, 3.8) is 0 Å². The summed E-state index contributed by atoms with van der Waals surface area (Å²) in [4.78, 5) is 28.1. The molecular formula is C16H18N2O4. The summed E-state index contributed by atoms with van der Waals surface area (Å²) in [6.07, 6.45) is 0. The maximum absolute atomic E-state index is 12.5. The lowest BCUT2D eigenvalue weighted by molar-refractivity contribution is -0.136. The molecule has 0 aliphatic carbocycles. The fourth-order valence-electron chi connectivity index (χ4n) is 2.73. The first kappa shape index (κ1) is 14.6. The zero-order valence-electron chi connectivity index (χ0n) is 12.7. The Hall–Kier alpha value is -2.34. The van der Waals surface area contributed by atoms with Gasteiger partial charge in [0.15, 0.2) is 0 Å². The van der Waals surface area contributed by atoms with Gasteiger partial charge in [-0.15, -0.1) is 0 Å². The summed E-state index contributed by atoms with van der Waals surface area (Å²) >= 11 is 0. The van der Waals surface area contributed by atoms with Gasteiger partial charge in [0, 0.05) is 20.1 Å². The highest BCUT2D eigenvalue weighted by atomic mass is 16.5. The lowest BCUT2D eigenvalue weighted by Gasteiger charge is -2.29. The Kier molecular flexibility index (Phi) is 3.85. The van der Waals surface area contributed by atoms with Crippen LogP contribution in [-0.2, 0) is 14.3 Å². The molecule has 0 bridgehead atoms. The topological polar surface area (TPSA) is 59.1 Å². The van der Waals surface area contributed by atoms with Gasteiger partial charge in [0.2, 0.25) is 0 Å². The number of morpholine rings is 1. The van der Waals surface area contributed by atoms with Crippen molar-refractivity contribution in [2.75, 3.05) is 40.5 Å². The summed E-state index contributed by atoms with van der Waals surface area (Å²) in [5.41, 5.74) is 1.66. The zero-order valence-corrected chi connectivity index (χ0v) is 12.7. The van der Waals surface area contributed by atoms with Crippen molar-refractivity contribution in [3.8, 4) is 5.75 Å². The zero-order chi connectivity index (χ0) is 15.7. The number of amides is 2. The molecule has 0 unspecified atom stereocenters. The number of imide groups is 1. The Morgan fingerprint density at radius 1 is 1.05 bits per heavy atom. The van der Waals surface area contributed by atoms with Gasteiger partial charge in [-0.2, -0.15) is 0 Å². The second kappa shape index (κ2) is 5.81. The minimum atomic E-state index is -0.267. The first-order valence-electron chi connectivity index (χ1n) is 7.17. The van der Waals surface area contributed by atoms with Gasteiger partial charge in [-0.25, -0.2) is 0 Å². The Morgan fingerprint density at radius 3 is 2.27 bits per heavy atom. The van der Waals surface area contributed by atoms with Gasteiger partial charge in [0.05, 0.1) is 25.9 Å². The van der Waals surface area contributed by atoms with Crippen molar-refractivity contribution in [2.24, 2.45) is 0 Å². The molecule has 2 aliphatic heterocycles. The van der Waals surface area contributed by atoms with E-state index in [1.165, 1.54) is 11.9 Å². The third kappa shape index (κ3) is 2.35. The van der Waals surface area contributed by atoms with Crippen LogP contribution in [0.15, 0.2) is 30.0 Å². The van der Waals surface area contributed by atoms with Crippen LogP contribution in [0.4, 0.5) is 0 Å². The summed E-state index contributed by atoms with van der Waals surface area (Å²) in [7, 11) is 3.10. The molecule has 0 spiro atoms. The Bertz CT molecular complexity index is 630. The van der Waals surface area contributed by atoms with E-state index in [0.29, 0.717) is 43.3 Å². The highest BCUT2D eigenvalue weighted by Gasteiger charge is 2.39. The molecule has 0 aromatic heterocycles. The van der Waals surface area contributed by atoms with Crippen LogP contribution in [0, 0.1) is 0 Å². The number of carbonyl (C=O) groups excluding carboxylic acids is 2. The summed E-state index contributed by atoms with van der Waals surface area (Å²) in [6, 6.07) is 7.18. The van der Waals surface area contributed by atoms with E-state index in [-0.39, 0.29) is 11.8 Å². The lowest BCUT2D eigenvalue weighted by Crippen LogP contribution is -2.39. The highest BCUT2D eigenvalue weighted by molar-refractivity contribution is 6.35. The van der Waals surface area contributed by atoms with Crippen molar-refractivity contribution in [3.05, 3.63) is 35.5 Å². The number of hydrogen-bond acceptors (Lipinski definition) is 5. The van der Waals surface area contributed by atoms with E-state index in [1.54, 1.807) is 31.4 Å². The van der Waals surface area contributed by atoms with E-state index in [0.717, 1.165) is 5.56 Å². The second-order valence-electron chi connectivity index (χ2n) is 5.22. The maximum atomic E-state index is 12.5. The number of likely N-dealkylation sites (N-methyl/N-ethyl adjacent to an activating group) is 1. The Morgan fingerprint density at radius 2 is 1.68 bits per heavy atom. The molecule has 3 rings (SSSR count). The number of ether oxygens (including phenoxy) is 2. The minimum absolute atomic E-state index is 0.252. The molecule has 1 aromatic carbocycles. The summed E-state index contributed by atoms with van der Waals surface area (Å²) in [5, 5.41) is 0. The predicted molar refractivity (Wildman–Crippen MR) is 80.1 cm³/mol. The van der Waals surface area contributed by atoms with Crippen molar-refractivity contribution in [1.29, 1.82) is 0 Å². The van der Waals surface area contributed by atoms with Crippen LogP contribution < -0.4 is 4.74 Å². The average Bonchev–Trinajstić information content (AvgIpc) is 2.80. The molecule has 1 aromatic rings. The van der Waals surface area contributed by atoms with Crippen LogP contribution in [0.25, 0.3) is 5.57 Å². The normalized spacial score (nSPS) is 19.2. The summed E-state index contributed by atoms with van der Waals surface area (Å²) < 4.78 is 10.5. The van der Waals surface area contributed by atoms with E-state index < -0.39 is 0 Å². The monoisotopic (exact) mass is 302 g/mol. The molecule has 1 saturated heterocycles. The Balaban J connectivity index is 2.05. The predicted octanol–water partition coefficient (Wildman–Crippen LogP) is 0.737. The molecule has 2 amide bonds. The molecule has 0 N–H and O–H groups in total. The van der Waals surface area contributed by atoms with E-state index in [4.69, 9.17) is 9.47 Å². The van der Waals surface area contributed by atoms with Crippen molar-refractivity contribution in [2.45, 2.75) is 0 Å². The van der Waals surface area contributed by atoms with Gasteiger partial charge in [-0.1, -0.05) is 12.1 Å². The molecule has 116 valence electrons.